The van der Waals surface area contributed by atoms with Crippen LogP contribution in [0.25, 0.3) is 0 Å². The van der Waals surface area contributed by atoms with Crippen LogP contribution < -0.4 is 21.7 Å². The molecule has 6 atom stereocenters. The third-order valence-corrected chi connectivity index (χ3v) is 7.75. The summed E-state index contributed by atoms with van der Waals surface area (Å²) in [7, 11) is 0. The predicted molar refractivity (Wildman–Crippen MR) is 121 cm³/mol. The Kier molecular flexibility index (Phi) is 7.10. The Morgan fingerprint density at radius 1 is 1.17 bits per heavy atom. The Balaban J connectivity index is 1.83. The molecule has 5 amide bonds. The van der Waals surface area contributed by atoms with Gasteiger partial charge in [0.15, 0.2) is 0 Å². The number of amides is 5. The molecule has 3 unspecified atom stereocenters. The third kappa shape index (κ3) is 5.29. The minimum atomic E-state index is -5.18. The molecule has 13 heteroatoms. The second-order valence-electron chi connectivity index (χ2n) is 11.6. The standard InChI is InChI=1S/C23H34F3N5O5/c1-21(2,3)15(30-20(36)23(24,25)26)19(35)31-9-11-13(22(11,4)5)14(31)18(34)29-12(16(27)32)8-10-6-7-28-17(10)33/h10-15H,6-9H2,1-5H3,(H2,27,32)(H,28,33)(H,29,34)(H,30,36)/t10-,11?,12-,13?,14?,15+/m0/s1. The monoisotopic (exact) mass is 517 g/mol. The number of carbonyl (C=O) groups excluding carboxylic acids is 5. The number of fused-ring (bicyclic) bond motifs is 1. The summed E-state index contributed by atoms with van der Waals surface area (Å²) in [5, 5.41) is 7.01. The summed E-state index contributed by atoms with van der Waals surface area (Å²) in [6.07, 6.45) is -4.70. The van der Waals surface area contributed by atoms with Gasteiger partial charge in [0.2, 0.25) is 23.6 Å². The number of rotatable bonds is 7. The van der Waals surface area contributed by atoms with Crippen molar-refractivity contribution in [2.45, 2.75) is 71.8 Å². The molecule has 2 saturated heterocycles. The molecular formula is C23H34F3N5O5. The molecule has 3 fully saturated rings. The molecule has 3 rings (SSSR count). The maximum absolute atomic E-state index is 13.5. The Hall–Kier alpha value is -2.86. The van der Waals surface area contributed by atoms with Crippen LogP contribution in [0.3, 0.4) is 0 Å². The van der Waals surface area contributed by atoms with Crippen LogP contribution in [0, 0.1) is 28.6 Å². The van der Waals surface area contributed by atoms with Crippen LogP contribution in [0.15, 0.2) is 0 Å². The number of alkyl halides is 3. The van der Waals surface area contributed by atoms with Crippen molar-refractivity contribution < 1.29 is 37.1 Å². The number of hydrogen-bond acceptors (Lipinski definition) is 5. The maximum atomic E-state index is 13.5. The van der Waals surface area contributed by atoms with Gasteiger partial charge >= 0.3 is 12.1 Å². The number of piperidine rings is 1. The van der Waals surface area contributed by atoms with Gasteiger partial charge in [0, 0.05) is 19.0 Å². The van der Waals surface area contributed by atoms with E-state index in [1.807, 2.05) is 13.8 Å². The zero-order chi connectivity index (χ0) is 27.4. The van der Waals surface area contributed by atoms with Crippen molar-refractivity contribution in [2.75, 3.05) is 13.1 Å². The Morgan fingerprint density at radius 2 is 1.78 bits per heavy atom. The van der Waals surface area contributed by atoms with Gasteiger partial charge in [-0.3, -0.25) is 24.0 Å². The molecule has 0 bridgehead atoms. The molecule has 2 heterocycles. The van der Waals surface area contributed by atoms with Gasteiger partial charge < -0.3 is 26.6 Å². The second-order valence-corrected chi connectivity index (χ2v) is 11.6. The van der Waals surface area contributed by atoms with E-state index in [-0.39, 0.29) is 36.1 Å². The SMILES string of the molecule is CC1(C)C2CN(C(=O)[C@@H](NC(=O)C(F)(F)F)C(C)(C)C)C(C(=O)N[C@@H](C[C@@H]3CCNC3=O)C(N)=O)C21. The van der Waals surface area contributed by atoms with E-state index in [1.54, 1.807) is 5.32 Å². The van der Waals surface area contributed by atoms with Crippen molar-refractivity contribution in [1.82, 2.24) is 20.9 Å². The minimum absolute atomic E-state index is 0.00266. The zero-order valence-electron chi connectivity index (χ0n) is 21.0. The average molecular weight is 518 g/mol. The fourth-order valence-electron chi connectivity index (χ4n) is 5.50. The van der Waals surface area contributed by atoms with Gasteiger partial charge in [-0.15, -0.1) is 0 Å². The van der Waals surface area contributed by atoms with Gasteiger partial charge in [-0.05, 0) is 35.5 Å². The highest BCUT2D eigenvalue weighted by atomic mass is 19.4. The first-order chi connectivity index (χ1) is 16.4. The van der Waals surface area contributed by atoms with Gasteiger partial charge in [-0.1, -0.05) is 34.6 Å². The summed E-state index contributed by atoms with van der Waals surface area (Å²) in [4.78, 5) is 63.8. The van der Waals surface area contributed by atoms with Gasteiger partial charge in [0.05, 0.1) is 0 Å². The maximum Gasteiger partial charge on any atom is 0.471 e. The predicted octanol–water partition coefficient (Wildman–Crippen LogP) is 0.0589. The van der Waals surface area contributed by atoms with Crippen molar-refractivity contribution in [3.63, 3.8) is 0 Å². The topological polar surface area (TPSA) is 151 Å². The number of halogens is 3. The summed E-state index contributed by atoms with van der Waals surface area (Å²) in [6, 6.07) is -3.77. The molecule has 36 heavy (non-hydrogen) atoms. The van der Waals surface area contributed by atoms with Crippen LogP contribution in [0.5, 0.6) is 0 Å². The first kappa shape index (κ1) is 27.7. The smallest absolute Gasteiger partial charge is 0.368 e. The number of primary amides is 1. The van der Waals surface area contributed by atoms with E-state index in [9.17, 15) is 37.1 Å². The Bertz CT molecular complexity index is 961. The van der Waals surface area contributed by atoms with E-state index < -0.39 is 59.3 Å². The lowest BCUT2D eigenvalue weighted by molar-refractivity contribution is -0.176. The molecule has 1 aliphatic carbocycles. The zero-order valence-corrected chi connectivity index (χ0v) is 21.0. The Labute approximate surface area is 207 Å². The van der Waals surface area contributed by atoms with Gasteiger partial charge in [0.25, 0.3) is 0 Å². The van der Waals surface area contributed by atoms with E-state index in [0.717, 1.165) is 0 Å². The van der Waals surface area contributed by atoms with Crippen LogP contribution in [0.2, 0.25) is 0 Å². The average Bonchev–Trinajstić information content (AvgIpc) is 3.09. The number of nitrogens with one attached hydrogen (secondary N) is 3. The first-order valence-electron chi connectivity index (χ1n) is 11.9. The number of likely N-dealkylation sites (tertiary alicyclic amines) is 1. The quantitative estimate of drug-likeness (QED) is 0.377. The number of hydrogen-bond donors (Lipinski definition) is 4. The van der Waals surface area contributed by atoms with Crippen molar-refractivity contribution >= 4 is 29.5 Å². The van der Waals surface area contributed by atoms with Crippen molar-refractivity contribution in [1.29, 1.82) is 0 Å². The summed E-state index contributed by atoms with van der Waals surface area (Å²) in [6.45, 7) is 8.95. The highest BCUT2D eigenvalue weighted by molar-refractivity contribution is 5.96. The largest absolute Gasteiger partial charge is 0.471 e. The molecular weight excluding hydrogens is 483 g/mol. The van der Waals surface area contributed by atoms with Crippen LogP contribution in [-0.4, -0.2) is 71.8 Å². The molecule has 0 radical (unpaired) electrons. The summed E-state index contributed by atoms with van der Waals surface area (Å²) >= 11 is 0. The summed E-state index contributed by atoms with van der Waals surface area (Å²) < 4.78 is 38.9. The van der Waals surface area contributed by atoms with Gasteiger partial charge in [0.1, 0.15) is 18.1 Å². The number of carbonyl (C=O) groups is 5. The molecule has 5 N–H and O–H groups in total. The molecule has 0 spiro atoms. The van der Waals surface area contributed by atoms with Crippen LogP contribution in [-0.2, 0) is 24.0 Å². The molecule has 0 aromatic heterocycles. The summed E-state index contributed by atoms with van der Waals surface area (Å²) in [5.41, 5.74) is 4.08. The van der Waals surface area contributed by atoms with Gasteiger partial charge in [-0.2, -0.15) is 13.2 Å². The van der Waals surface area contributed by atoms with E-state index >= 15 is 0 Å². The Morgan fingerprint density at radius 3 is 2.25 bits per heavy atom. The molecule has 3 aliphatic rings. The molecule has 1 saturated carbocycles. The van der Waals surface area contributed by atoms with Crippen molar-refractivity contribution in [2.24, 2.45) is 34.3 Å². The summed E-state index contributed by atoms with van der Waals surface area (Å²) in [5.74, 6) is -5.68. The molecule has 202 valence electrons. The molecule has 0 aromatic carbocycles. The van der Waals surface area contributed by atoms with Crippen LogP contribution >= 0.6 is 0 Å². The molecule has 0 aromatic rings. The molecule has 10 nitrogen and oxygen atoms in total. The highest BCUT2D eigenvalue weighted by Gasteiger charge is 2.70. The van der Waals surface area contributed by atoms with Gasteiger partial charge in [-0.25, -0.2) is 0 Å². The third-order valence-electron chi connectivity index (χ3n) is 7.75. The normalized spacial score (nSPS) is 28.6. The lowest BCUT2D eigenvalue weighted by atomic mass is 9.85. The van der Waals surface area contributed by atoms with Crippen LogP contribution in [0.4, 0.5) is 13.2 Å². The highest BCUT2D eigenvalue weighted by Crippen LogP contribution is 2.65. The van der Waals surface area contributed by atoms with E-state index in [1.165, 1.54) is 25.7 Å². The second kappa shape index (κ2) is 9.22. The van der Waals surface area contributed by atoms with E-state index in [2.05, 4.69) is 10.6 Å². The first-order valence-corrected chi connectivity index (χ1v) is 11.9. The fourth-order valence-corrected chi connectivity index (χ4v) is 5.50. The van der Waals surface area contributed by atoms with E-state index in [0.29, 0.717) is 13.0 Å². The lowest BCUT2D eigenvalue weighted by Gasteiger charge is -2.38. The minimum Gasteiger partial charge on any atom is -0.368 e. The lowest BCUT2D eigenvalue weighted by Crippen LogP contribution is -2.61. The molecule has 2 aliphatic heterocycles. The van der Waals surface area contributed by atoms with Crippen molar-refractivity contribution in [3.8, 4) is 0 Å². The van der Waals surface area contributed by atoms with Crippen molar-refractivity contribution in [3.05, 3.63) is 0 Å². The van der Waals surface area contributed by atoms with Crippen LogP contribution in [0.1, 0.15) is 47.5 Å². The number of nitrogens with zero attached hydrogens (tertiary/aromatic N) is 1. The number of nitrogens with two attached hydrogens (primary N) is 1. The van der Waals surface area contributed by atoms with E-state index in [4.69, 9.17) is 5.73 Å². The fraction of sp³-hybridized carbons (Fsp3) is 0.783.